The molecular formula is C15H22N2O2. The Morgan fingerprint density at radius 3 is 2.21 bits per heavy atom. The van der Waals surface area contributed by atoms with Crippen LogP contribution in [0.1, 0.15) is 60.0 Å². The third kappa shape index (κ3) is 2.73. The fourth-order valence-corrected chi connectivity index (χ4v) is 2.74. The zero-order valence-corrected chi connectivity index (χ0v) is 12.5. The summed E-state index contributed by atoms with van der Waals surface area (Å²) in [5, 5.41) is 7.58. The van der Waals surface area contributed by atoms with Crippen LogP contribution in [-0.4, -0.2) is 5.16 Å². The van der Waals surface area contributed by atoms with Gasteiger partial charge in [0.2, 0.25) is 0 Å². The van der Waals surface area contributed by atoms with Crippen molar-refractivity contribution in [2.75, 3.05) is 0 Å². The Hall–Kier alpha value is -1.55. The first-order chi connectivity index (χ1) is 8.90. The van der Waals surface area contributed by atoms with Crippen LogP contribution in [0.3, 0.4) is 0 Å². The maximum atomic E-state index is 5.58. The molecule has 2 unspecified atom stereocenters. The van der Waals surface area contributed by atoms with E-state index >= 15 is 0 Å². The van der Waals surface area contributed by atoms with Gasteiger partial charge in [0.25, 0.3) is 0 Å². The topological polar surface area (TPSA) is 51.2 Å². The largest absolute Gasteiger partial charge is 0.466 e. The molecule has 2 rings (SSSR count). The Morgan fingerprint density at radius 2 is 1.74 bits per heavy atom. The summed E-state index contributed by atoms with van der Waals surface area (Å²) in [7, 11) is 0. The molecule has 19 heavy (non-hydrogen) atoms. The van der Waals surface area contributed by atoms with E-state index in [4.69, 9.17) is 8.94 Å². The lowest BCUT2D eigenvalue weighted by Gasteiger charge is -2.19. The van der Waals surface area contributed by atoms with Gasteiger partial charge in [-0.3, -0.25) is 0 Å². The summed E-state index contributed by atoms with van der Waals surface area (Å²) in [6.45, 7) is 12.2. The number of nitrogens with zero attached hydrogens (tertiary/aromatic N) is 1. The smallest absolute Gasteiger partial charge is 0.138 e. The monoisotopic (exact) mass is 262 g/mol. The van der Waals surface area contributed by atoms with Crippen molar-refractivity contribution < 1.29 is 8.94 Å². The lowest BCUT2D eigenvalue weighted by molar-refractivity contribution is 0.389. The first kappa shape index (κ1) is 13.9. The van der Waals surface area contributed by atoms with Crippen LogP contribution in [-0.2, 0) is 0 Å². The SMILES string of the molecule is Cc1cc(C(C)NC(C)c2c(C)noc2C)c(C)o1. The average Bonchev–Trinajstić information content (AvgIpc) is 2.81. The first-order valence-electron chi connectivity index (χ1n) is 6.66. The minimum Gasteiger partial charge on any atom is -0.466 e. The highest BCUT2D eigenvalue weighted by molar-refractivity contribution is 5.27. The standard InChI is InChI=1S/C15H22N2O2/c1-8-7-14(12(5)18-8)9(2)16-10(3)15-11(4)17-19-13(15)6/h7,9-10,16H,1-6H3. The average molecular weight is 262 g/mol. The molecule has 104 valence electrons. The summed E-state index contributed by atoms with van der Waals surface area (Å²) in [4.78, 5) is 0. The van der Waals surface area contributed by atoms with E-state index in [1.165, 1.54) is 5.56 Å². The minimum absolute atomic E-state index is 0.191. The van der Waals surface area contributed by atoms with Crippen molar-refractivity contribution in [1.82, 2.24) is 10.5 Å². The molecule has 0 aliphatic rings. The summed E-state index contributed by atoms with van der Waals surface area (Å²) in [5.41, 5.74) is 3.30. The summed E-state index contributed by atoms with van der Waals surface area (Å²) >= 11 is 0. The second kappa shape index (κ2) is 5.21. The van der Waals surface area contributed by atoms with Gasteiger partial charge in [0, 0.05) is 23.2 Å². The highest BCUT2D eigenvalue weighted by Crippen LogP contribution is 2.26. The first-order valence-corrected chi connectivity index (χ1v) is 6.66. The van der Waals surface area contributed by atoms with E-state index in [1.54, 1.807) is 0 Å². The van der Waals surface area contributed by atoms with Crippen LogP contribution in [0, 0.1) is 27.7 Å². The number of aryl methyl sites for hydroxylation is 4. The van der Waals surface area contributed by atoms with Crippen LogP contribution in [0.25, 0.3) is 0 Å². The van der Waals surface area contributed by atoms with E-state index in [2.05, 4.69) is 30.4 Å². The van der Waals surface area contributed by atoms with Gasteiger partial charge in [-0.2, -0.15) is 0 Å². The maximum absolute atomic E-state index is 5.58. The molecule has 0 radical (unpaired) electrons. The quantitative estimate of drug-likeness (QED) is 0.907. The molecule has 2 heterocycles. The molecule has 0 saturated carbocycles. The fraction of sp³-hybridized carbons (Fsp3) is 0.533. The zero-order valence-electron chi connectivity index (χ0n) is 12.5. The molecule has 0 bridgehead atoms. The fourth-order valence-electron chi connectivity index (χ4n) is 2.74. The Balaban J connectivity index is 2.15. The molecule has 2 atom stereocenters. The van der Waals surface area contributed by atoms with Crippen molar-refractivity contribution in [2.45, 2.75) is 53.6 Å². The van der Waals surface area contributed by atoms with Gasteiger partial charge in [-0.25, -0.2) is 0 Å². The molecular weight excluding hydrogens is 240 g/mol. The summed E-state index contributed by atoms with van der Waals surface area (Å²) in [5.74, 6) is 2.81. The molecule has 0 aromatic carbocycles. The van der Waals surface area contributed by atoms with Crippen LogP contribution in [0.15, 0.2) is 15.0 Å². The number of furan rings is 1. The predicted octanol–water partition coefficient (Wildman–Crippen LogP) is 3.91. The second-order valence-corrected chi connectivity index (χ2v) is 5.22. The molecule has 0 spiro atoms. The van der Waals surface area contributed by atoms with Crippen molar-refractivity contribution in [3.8, 4) is 0 Å². The lowest BCUT2D eigenvalue weighted by Crippen LogP contribution is -2.23. The number of rotatable bonds is 4. The van der Waals surface area contributed by atoms with Crippen LogP contribution >= 0.6 is 0 Å². The molecule has 0 aliphatic heterocycles. The predicted molar refractivity (Wildman–Crippen MR) is 74.1 cm³/mol. The van der Waals surface area contributed by atoms with Crippen molar-refractivity contribution in [3.05, 3.63) is 40.2 Å². The Morgan fingerprint density at radius 1 is 1.05 bits per heavy atom. The van der Waals surface area contributed by atoms with E-state index < -0.39 is 0 Å². The van der Waals surface area contributed by atoms with Crippen LogP contribution in [0.4, 0.5) is 0 Å². The molecule has 4 nitrogen and oxygen atoms in total. The maximum Gasteiger partial charge on any atom is 0.138 e. The Bertz CT molecular complexity index is 549. The molecule has 1 N–H and O–H groups in total. The van der Waals surface area contributed by atoms with E-state index in [1.807, 2.05) is 27.7 Å². The third-order valence-corrected chi connectivity index (χ3v) is 3.57. The number of hydrogen-bond acceptors (Lipinski definition) is 4. The van der Waals surface area contributed by atoms with Crippen LogP contribution in [0.2, 0.25) is 0 Å². The minimum atomic E-state index is 0.191. The second-order valence-electron chi connectivity index (χ2n) is 5.22. The third-order valence-electron chi connectivity index (χ3n) is 3.57. The Labute approximate surface area is 114 Å². The van der Waals surface area contributed by atoms with E-state index in [0.717, 1.165) is 28.5 Å². The van der Waals surface area contributed by atoms with Gasteiger partial charge in [0.15, 0.2) is 0 Å². The van der Waals surface area contributed by atoms with Gasteiger partial charge in [-0.15, -0.1) is 0 Å². The number of nitrogens with one attached hydrogen (secondary N) is 1. The molecule has 0 amide bonds. The summed E-state index contributed by atoms with van der Waals surface area (Å²) in [6.07, 6.45) is 0. The lowest BCUT2D eigenvalue weighted by atomic mass is 10.0. The van der Waals surface area contributed by atoms with Crippen molar-refractivity contribution >= 4 is 0 Å². The Kier molecular flexibility index (Phi) is 3.80. The summed E-state index contributed by atoms with van der Waals surface area (Å²) in [6, 6.07) is 2.50. The van der Waals surface area contributed by atoms with Crippen molar-refractivity contribution in [3.63, 3.8) is 0 Å². The molecule has 2 aromatic heterocycles. The van der Waals surface area contributed by atoms with Gasteiger partial charge in [0.05, 0.1) is 5.69 Å². The molecule has 4 heteroatoms. The molecule has 0 saturated heterocycles. The van der Waals surface area contributed by atoms with Gasteiger partial charge >= 0.3 is 0 Å². The zero-order chi connectivity index (χ0) is 14.2. The van der Waals surface area contributed by atoms with E-state index in [-0.39, 0.29) is 12.1 Å². The highest BCUT2D eigenvalue weighted by Gasteiger charge is 2.20. The molecule has 0 fully saturated rings. The molecule has 0 aliphatic carbocycles. The van der Waals surface area contributed by atoms with Crippen molar-refractivity contribution in [2.24, 2.45) is 0 Å². The highest BCUT2D eigenvalue weighted by atomic mass is 16.5. The summed E-state index contributed by atoms with van der Waals surface area (Å²) < 4.78 is 10.8. The number of aromatic nitrogens is 1. The normalized spacial score (nSPS) is 14.6. The van der Waals surface area contributed by atoms with Crippen LogP contribution in [0.5, 0.6) is 0 Å². The molecule has 2 aromatic rings. The van der Waals surface area contributed by atoms with E-state index in [9.17, 15) is 0 Å². The van der Waals surface area contributed by atoms with Gasteiger partial charge in [-0.05, 0) is 47.6 Å². The van der Waals surface area contributed by atoms with Crippen molar-refractivity contribution in [1.29, 1.82) is 0 Å². The van der Waals surface area contributed by atoms with Gasteiger partial charge in [0.1, 0.15) is 17.3 Å². The van der Waals surface area contributed by atoms with Gasteiger partial charge in [-0.1, -0.05) is 5.16 Å². The van der Waals surface area contributed by atoms with E-state index in [0.29, 0.717) is 0 Å². The van der Waals surface area contributed by atoms with Crippen LogP contribution < -0.4 is 5.32 Å². The van der Waals surface area contributed by atoms with Gasteiger partial charge < -0.3 is 14.3 Å². The number of hydrogen-bond donors (Lipinski definition) is 1.